The lowest BCUT2D eigenvalue weighted by Crippen LogP contribution is -2.36. The molecular formula is C17H22N2O2. The van der Waals surface area contributed by atoms with Crippen LogP contribution in [0.3, 0.4) is 0 Å². The number of rotatable bonds is 3. The van der Waals surface area contributed by atoms with Crippen molar-refractivity contribution in [3.63, 3.8) is 0 Å². The van der Waals surface area contributed by atoms with Crippen LogP contribution in [0.5, 0.6) is 0 Å². The Morgan fingerprint density at radius 2 is 2.10 bits per heavy atom. The quantitative estimate of drug-likeness (QED) is 0.924. The van der Waals surface area contributed by atoms with Gasteiger partial charge in [0.1, 0.15) is 0 Å². The lowest BCUT2D eigenvalue weighted by atomic mass is 10.1. The zero-order valence-electron chi connectivity index (χ0n) is 12.6. The first-order valence-corrected chi connectivity index (χ1v) is 7.74. The fraction of sp³-hybridized carbons (Fsp3) is 0.529. The van der Waals surface area contributed by atoms with Crippen LogP contribution >= 0.6 is 0 Å². The second-order valence-corrected chi connectivity index (χ2v) is 6.34. The van der Waals surface area contributed by atoms with Gasteiger partial charge in [-0.1, -0.05) is 24.3 Å². The maximum Gasteiger partial charge on any atom is 0.225 e. The predicted molar refractivity (Wildman–Crippen MR) is 80.6 cm³/mol. The molecule has 1 aromatic rings. The Hall–Kier alpha value is -1.84. The lowest BCUT2D eigenvalue weighted by Gasteiger charge is -2.21. The summed E-state index contributed by atoms with van der Waals surface area (Å²) in [5, 5.41) is 3.14. The van der Waals surface area contributed by atoms with Gasteiger partial charge in [-0.15, -0.1) is 0 Å². The van der Waals surface area contributed by atoms with Crippen molar-refractivity contribution in [2.45, 2.75) is 45.2 Å². The van der Waals surface area contributed by atoms with Gasteiger partial charge < -0.3 is 10.2 Å². The van der Waals surface area contributed by atoms with Gasteiger partial charge in [-0.3, -0.25) is 9.59 Å². The molecule has 0 spiro atoms. The van der Waals surface area contributed by atoms with E-state index in [0.29, 0.717) is 13.0 Å². The highest BCUT2D eigenvalue weighted by molar-refractivity contribution is 5.89. The highest BCUT2D eigenvalue weighted by Crippen LogP contribution is 2.31. The normalized spacial score (nSPS) is 24.5. The van der Waals surface area contributed by atoms with E-state index in [1.165, 1.54) is 11.1 Å². The number of aryl methyl sites for hydroxylation is 1. The molecule has 112 valence electrons. The number of fused-ring (bicyclic) bond motifs is 1. The van der Waals surface area contributed by atoms with E-state index in [-0.39, 0.29) is 29.8 Å². The maximum atomic E-state index is 12.4. The van der Waals surface area contributed by atoms with Crippen molar-refractivity contribution in [2.75, 3.05) is 6.54 Å². The third-order valence-electron chi connectivity index (χ3n) is 4.60. The van der Waals surface area contributed by atoms with E-state index >= 15 is 0 Å². The molecule has 0 bridgehead atoms. The summed E-state index contributed by atoms with van der Waals surface area (Å²) >= 11 is 0. The number of nitrogens with zero attached hydrogens (tertiary/aromatic N) is 1. The summed E-state index contributed by atoms with van der Waals surface area (Å²) in [5.41, 5.74) is 2.56. The molecule has 1 aromatic carbocycles. The highest BCUT2D eigenvalue weighted by Gasteiger charge is 2.36. The van der Waals surface area contributed by atoms with Crippen molar-refractivity contribution < 1.29 is 9.59 Å². The molecule has 2 aliphatic rings. The summed E-state index contributed by atoms with van der Waals surface area (Å²) in [6.07, 6.45) is 2.32. The number of benzene rings is 1. The number of hydrogen-bond donors (Lipinski definition) is 1. The summed E-state index contributed by atoms with van der Waals surface area (Å²) < 4.78 is 0. The van der Waals surface area contributed by atoms with Gasteiger partial charge in [-0.25, -0.2) is 0 Å². The smallest absolute Gasteiger partial charge is 0.225 e. The molecule has 1 saturated heterocycles. The second kappa shape index (κ2) is 5.51. The Balaban J connectivity index is 1.65. The number of carbonyl (C=O) groups excluding carboxylic acids is 2. The number of carbonyl (C=O) groups is 2. The predicted octanol–water partition coefficient (Wildman–Crippen LogP) is 2.05. The Labute approximate surface area is 125 Å². The summed E-state index contributed by atoms with van der Waals surface area (Å²) in [6.45, 7) is 4.54. The van der Waals surface area contributed by atoms with E-state index in [0.717, 1.165) is 12.8 Å². The molecule has 0 unspecified atom stereocenters. The molecule has 3 rings (SSSR count). The van der Waals surface area contributed by atoms with Gasteiger partial charge in [0, 0.05) is 19.0 Å². The SMILES string of the molecule is CC(C)N1C[C@H](C(=O)N[C@H]2CCc3ccccc32)CC1=O. The third kappa shape index (κ3) is 2.67. The summed E-state index contributed by atoms with van der Waals surface area (Å²) in [4.78, 5) is 26.1. The van der Waals surface area contributed by atoms with Crippen molar-refractivity contribution in [3.05, 3.63) is 35.4 Å². The Morgan fingerprint density at radius 1 is 1.33 bits per heavy atom. The van der Waals surface area contributed by atoms with Crippen molar-refractivity contribution in [2.24, 2.45) is 5.92 Å². The zero-order valence-corrected chi connectivity index (χ0v) is 12.6. The lowest BCUT2D eigenvalue weighted by molar-refractivity contribution is -0.130. The molecule has 1 heterocycles. The minimum Gasteiger partial charge on any atom is -0.349 e. The van der Waals surface area contributed by atoms with E-state index in [9.17, 15) is 9.59 Å². The average Bonchev–Trinajstić information content (AvgIpc) is 3.03. The molecule has 4 heteroatoms. The monoisotopic (exact) mass is 286 g/mol. The minimum absolute atomic E-state index is 0.0215. The van der Waals surface area contributed by atoms with Gasteiger partial charge in [0.2, 0.25) is 11.8 Å². The molecule has 0 saturated carbocycles. The van der Waals surface area contributed by atoms with Gasteiger partial charge in [-0.05, 0) is 37.8 Å². The van der Waals surface area contributed by atoms with E-state index in [4.69, 9.17) is 0 Å². The Morgan fingerprint density at radius 3 is 2.81 bits per heavy atom. The van der Waals surface area contributed by atoms with E-state index < -0.39 is 0 Å². The number of nitrogens with one attached hydrogen (secondary N) is 1. The summed E-state index contributed by atoms with van der Waals surface area (Å²) in [7, 11) is 0. The van der Waals surface area contributed by atoms with Crippen LogP contribution < -0.4 is 5.32 Å². The fourth-order valence-corrected chi connectivity index (χ4v) is 3.40. The molecular weight excluding hydrogens is 264 g/mol. The highest BCUT2D eigenvalue weighted by atomic mass is 16.2. The topological polar surface area (TPSA) is 49.4 Å². The third-order valence-corrected chi connectivity index (χ3v) is 4.60. The Kier molecular flexibility index (Phi) is 3.70. The molecule has 1 aliphatic carbocycles. The summed E-state index contributed by atoms with van der Waals surface area (Å²) in [6, 6.07) is 8.55. The number of hydrogen-bond acceptors (Lipinski definition) is 2. The fourth-order valence-electron chi connectivity index (χ4n) is 3.40. The molecule has 0 aromatic heterocycles. The van der Waals surface area contributed by atoms with Crippen molar-refractivity contribution >= 4 is 11.8 Å². The second-order valence-electron chi connectivity index (χ2n) is 6.34. The van der Waals surface area contributed by atoms with E-state index in [1.54, 1.807) is 4.90 Å². The first-order chi connectivity index (χ1) is 10.1. The first kappa shape index (κ1) is 14.1. The standard InChI is InChI=1S/C17H22N2O2/c1-11(2)19-10-13(9-16(19)20)17(21)18-15-8-7-12-5-3-4-6-14(12)15/h3-6,11,13,15H,7-10H2,1-2H3,(H,18,21)/t13-,15+/m1/s1. The Bertz CT molecular complexity index is 568. The molecule has 21 heavy (non-hydrogen) atoms. The maximum absolute atomic E-state index is 12.4. The van der Waals surface area contributed by atoms with Crippen molar-refractivity contribution in [1.82, 2.24) is 10.2 Å². The zero-order chi connectivity index (χ0) is 15.0. The van der Waals surface area contributed by atoms with Crippen LogP contribution in [0.2, 0.25) is 0 Å². The van der Waals surface area contributed by atoms with Crippen molar-refractivity contribution in [3.8, 4) is 0 Å². The summed E-state index contributed by atoms with van der Waals surface area (Å²) in [5.74, 6) is -0.0853. The van der Waals surface area contributed by atoms with Gasteiger partial charge in [0.25, 0.3) is 0 Å². The molecule has 0 radical (unpaired) electrons. The van der Waals surface area contributed by atoms with Gasteiger partial charge in [0.15, 0.2) is 0 Å². The van der Waals surface area contributed by atoms with Crippen LogP contribution in [0.15, 0.2) is 24.3 Å². The van der Waals surface area contributed by atoms with Crippen LogP contribution in [-0.4, -0.2) is 29.3 Å². The van der Waals surface area contributed by atoms with Crippen LogP contribution in [-0.2, 0) is 16.0 Å². The molecule has 4 nitrogen and oxygen atoms in total. The van der Waals surface area contributed by atoms with E-state index in [2.05, 4.69) is 17.4 Å². The van der Waals surface area contributed by atoms with Gasteiger partial charge >= 0.3 is 0 Å². The van der Waals surface area contributed by atoms with Crippen LogP contribution in [0.4, 0.5) is 0 Å². The number of likely N-dealkylation sites (tertiary alicyclic amines) is 1. The molecule has 2 atom stereocenters. The van der Waals surface area contributed by atoms with E-state index in [1.807, 2.05) is 26.0 Å². The number of amides is 2. The minimum atomic E-state index is -0.201. The van der Waals surface area contributed by atoms with Gasteiger partial charge in [0.05, 0.1) is 12.0 Å². The largest absolute Gasteiger partial charge is 0.349 e. The molecule has 1 fully saturated rings. The van der Waals surface area contributed by atoms with Crippen LogP contribution in [0.1, 0.15) is 43.9 Å². The van der Waals surface area contributed by atoms with Crippen LogP contribution in [0.25, 0.3) is 0 Å². The molecule has 1 aliphatic heterocycles. The average molecular weight is 286 g/mol. The molecule has 1 N–H and O–H groups in total. The first-order valence-electron chi connectivity index (χ1n) is 7.74. The van der Waals surface area contributed by atoms with Crippen LogP contribution in [0, 0.1) is 5.92 Å². The van der Waals surface area contributed by atoms with Gasteiger partial charge in [-0.2, -0.15) is 0 Å². The van der Waals surface area contributed by atoms with Crippen molar-refractivity contribution in [1.29, 1.82) is 0 Å². The molecule has 2 amide bonds.